The Morgan fingerprint density at radius 2 is 1.62 bits per heavy atom. The van der Waals surface area contributed by atoms with Crippen molar-refractivity contribution in [1.82, 2.24) is 4.98 Å². The molecular weight excluding hydrogens is 198 g/mol. The Morgan fingerprint density at radius 1 is 1.00 bits per heavy atom. The summed E-state index contributed by atoms with van der Waals surface area (Å²) in [6.07, 6.45) is 13.8. The van der Waals surface area contributed by atoms with E-state index in [2.05, 4.69) is 11.9 Å². The fourth-order valence-corrected chi connectivity index (χ4v) is 1.95. The van der Waals surface area contributed by atoms with Gasteiger partial charge in [-0.05, 0) is 6.42 Å². The highest BCUT2D eigenvalue weighted by Gasteiger charge is 1.99. The summed E-state index contributed by atoms with van der Waals surface area (Å²) in [6.45, 7) is 4.16. The minimum absolute atomic E-state index is 0.787. The number of unbranched alkanes of at least 4 members (excludes halogenated alkanes) is 7. The van der Waals surface area contributed by atoms with Gasteiger partial charge in [-0.3, -0.25) is 0 Å². The smallest absolute Gasteiger partial charge is 0.191 e. The van der Waals surface area contributed by atoms with E-state index in [1.54, 1.807) is 0 Å². The van der Waals surface area contributed by atoms with Gasteiger partial charge in [-0.15, -0.1) is 0 Å². The summed E-state index contributed by atoms with van der Waals surface area (Å²) in [5.41, 5.74) is 0. The normalized spacial score (nSPS) is 10.9. The van der Waals surface area contributed by atoms with E-state index in [1.165, 1.54) is 51.4 Å². The van der Waals surface area contributed by atoms with Gasteiger partial charge < -0.3 is 4.42 Å². The van der Waals surface area contributed by atoms with Crippen molar-refractivity contribution < 1.29 is 4.42 Å². The summed E-state index contributed by atoms with van der Waals surface area (Å²) in [4.78, 5) is 4.10. The van der Waals surface area contributed by atoms with Gasteiger partial charge in [0.05, 0.1) is 6.20 Å². The van der Waals surface area contributed by atoms with Gasteiger partial charge in [-0.25, -0.2) is 4.98 Å². The van der Waals surface area contributed by atoms with E-state index >= 15 is 0 Å². The largest absolute Gasteiger partial charge is 0.446 e. The average Bonchev–Trinajstić information content (AvgIpc) is 2.68. The van der Waals surface area contributed by atoms with Crippen molar-refractivity contribution in [1.29, 1.82) is 0 Å². The number of hydrogen-bond donors (Lipinski definition) is 0. The van der Waals surface area contributed by atoms with Gasteiger partial charge in [0.2, 0.25) is 0 Å². The molecule has 0 unspecified atom stereocenters. The standard InChI is InChI=1S/C14H25NO/c1-3-4-5-6-7-8-9-10-11-14-12-15-13(2)16-14/h12H,3-11H2,1-2H3. The molecule has 0 spiro atoms. The number of hydrogen-bond acceptors (Lipinski definition) is 2. The third-order valence-corrected chi connectivity index (χ3v) is 2.95. The molecule has 0 amide bonds. The van der Waals surface area contributed by atoms with Crippen LogP contribution in [0.25, 0.3) is 0 Å². The second-order valence-corrected chi connectivity index (χ2v) is 4.57. The molecule has 0 bridgehead atoms. The summed E-state index contributed by atoms with van der Waals surface area (Å²) < 4.78 is 5.43. The van der Waals surface area contributed by atoms with E-state index in [4.69, 9.17) is 4.42 Å². The fraction of sp³-hybridized carbons (Fsp3) is 0.786. The first kappa shape index (κ1) is 13.3. The Balaban J connectivity index is 1.88. The fourth-order valence-electron chi connectivity index (χ4n) is 1.95. The van der Waals surface area contributed by atoms with Gasteiger partial charge in [0.25, 0.3) is 0 Å². The van der Waals surface area contributed by atoms with Crippen LogP contribution in [0.2, 0.25) is 0 Å². The van der Waals surface area contributed by atoms with Crippen LogP contribution in [0.3, 0.4) is 0 Å². The number of nitrogens with zero attached hydrogens (tertiary/aromatic N) is 1. The molecule has 1 rings (SSSR count). The summed E-state index contributed by atoms with van der Waals surface area (Å²) in [5.74, 6) is 1.83. The van der Waals surface area contributed by atoms with Crippen LogP contribution in [0.5, 0.6) is 0 Å². The molecule has 2 nitrogen and oxygen atoms in total. The maximum Gasteiger partial charge on any atom is 0.191 e. The second-order valence-electron chi connectivity index (χ2n) is 4.57. The first-order valence-corrected chi connectivity index (χ1v) is 6.74. The molecule has 0 atom stereocenters. The third-order valence-electron chi connectivity index (χ3n) is 2.95. The molecular formula is C14H25NO. The lowest BCUT2D eigenvalue weighted by Gasteiger charge is -2.00. The van der Waals surface area contributed by atoms with Crippen LogP contribution in [0.4, 0.5) is 0 Å². The van der Waals surface area contributed by atoms with Gasteiger partial charge in [0.1, 0.15) is 5.76 Å². The molecule has 0 radical (unpaired) electrons. The SMILES string of the molecule is CCCCCCCCCCc1cnc(C)o1. The lowest BCUT2D eigenvalue weighted by molar-refractivity contribution is 0.462. The van der Waals surface area contributed by atoms with Gasteiger partial charge in [0.15, 0.2) is 5.89 Å². The molecule has 16 heavy (non-hydrogen) atoms. The first-order valence-electron chi connectivity index (χ1n) is 6.74. The maximum absolute atomic E-state index is 5.43. The molecule has 1 aromatic rings. The van der Waals surface area contributed by atoms with Crippen LogP contribution < -0.4 is 0 Å². The summed E-state index contributed by atoms with van der Waals surface area (Å²) in [6, 6.07) is 0. The predicted octanol–water partition coefficient (Wildman–Crippen LogP) is 4.67. The molecule has 1 aromatic heterocycles. The third kappa shape index (κ3) is 5.94. The minimum Gasteiger partial charge on any atom is -0.446 e. The van der Waals surface area contributed by atoms with E-state index in [9.17, 15) is 0 Å². The zero-order valence-electron chi connectivity index (χ0n) is 10.8. The predicted molar refractivity (Wildman–Crippen MR) is 67.6 cm³/mol. The highest BCUT2D eigenvalue weighted by molar-refractivity contribution is 4.92. The lowest BCUT2D eigenvalue weighted by Crippen LogP contribution is -1.84. The van der Waals surface area contributed by atoms with Crippen molar-refractivity contribution in [2.24, 2.45) is 0 Å². The minimum atomic E-state index is 0.787. The number of rotatable bonds is 9. The maximum atomic E-state index is 5.43. The van der Waals surface area contributed by atoms with Crippen LogP contribution in [-0.2, 0) is 6.42 Å². The average molecular weight is 223 g/mol. The van der Waals surface area contributed by atoms with Crippen molar-refractivity contribution >= 4 is 0 Å². The first-order chi connectivity index (χ1) is 7.83. The van der Waals surface area contributed by atoms with E-state index in [-0.39, 0.29) is 0 Å². The van der Waals surface area contributed by atoms with Crippen molar-refractivity contribution in [3.8, 4) is 0 Å². The van der Waals surface area contributed by atoms with Crippen LogP contribution in [0, 0.1) is 6.92 Å². The summed E-state index contributed by atoms with van der Waals surface area (Å²) in [5, 5.41) is 0. The molecule has 1 heterocycles. The van der Waals surface area contributed by atoms with Gasteiger partial charge in [-0.1, -0.05) is 51.9 Å². The zero-order chi connectivity index (χ0) is 11.6. The van der Waals surface area contributed by atoms with Crippen molar-refractivity contribution in [2.75, 3.05) is 0 Å². The van der Waals surface area contributed by atoms with Crippen LogP contribution in [0.1, 0.15) is 69.9 Å². The number of aryl methyl sites for hydroxylation is 2. The lowest BCUT2D eigenvalue weighted by atomic mass is 10.1. The van der Waals surface area contributed by atoms with E-state index < -0.39 is 0 Å². The van der Waals surface area contributed by atoms with Crippen LogP contribution >= 0.6 is 0 Å². The molecule has 0 saturated carbocycles. The Kier molecular flexibility index (Phi) is 6.95. The van der Waals surface area contributed by atoms with Gasteiger partial charge in [-0.2, -0.15) is 0 Å². The van der Waals surface area contributed by atoms with Gasteiger partial charge in [0, 0.05) is 13.3 Å². The quantitative estimate of drug-likeness (QED) is 0.569. The van der Waals surface area contributed by atoms with Crippen LogP contribution in [0.15, 0.2) is 10.6 Å². The van der Waals surface area contributed by atoms with Crippen molar-refractivity contribution in [3.05, 3.63) is 17.8 Å². The Bertz CT molecular complexity index is 267. The molecule has 0 saturated heterocycles. The molecule has 92 valence electrons. The Morgan fingerprint density at radius 3 is 2.19 bits per heavy atom. The Labute approximate surface area is 99.5 Å². The monoisotopic (exact) mass is 223 g/mol. The second kappa shape index (κ2) is 8.37. The van der Waals surface area contributed by atoms with Crippen molar-refractivity contribution in [2.45, 2.75) is 71.6 Å². The highest BCUT2D eigenvalue weighted by Crippen LogP contribution is 2.11. The topological polar surface area (TPSA) is 26.0 Å². The Hall–Kier alpha value is -0.790. The van der Waals surface area contributed by atoms with Crippen LogP contribution in [-0.4, -0.2) is 4.98 Å². The number of oxazole rings is 1. The molecule has 2 heteroatoms. The van der Waals surface area contributed by atoms with E-state index in [1.807, 2.05) is 13.1 Å². The number of aromatic nitrogens is 1. The molecule has 0 fully saturated rings. The zero-order valence-corrected chi connectivity index (χ0v) is 10.8. The molecule has 0 N–H and O–H groups in total. The molecule has 0 aromatic carbocycles. The summed E-state index contributed by atoms with van der Waals surface area (Å²) >= 11 is 0. The van der Waals surface area contributed by atoms with Gasteiger partial charge >= 0.3 is 0 Å². The molecule has 0 aliphatic heterocycles. The molecule has 0 aliphatic carbocycles. The van der Waals surface area contributed by atoms with E-state index in [0.717, 1.165) is 18.1 Å². The molecule has 0 aliphatic rings. The summed E-state index contributed by atoms with van der Waals surface area (Å²) in [7, 11) is 0. The van der Waals surface area contributed by atoms with Crippen molar-refractivity contribution in [3.63, 3.8) is 0 Å². The van der Waals surface area contributed by atoms with E-state index in [0.29, 0.717) is 0 Å². The highest BCUT2D eigenvalue weighted by atomic mass is 16.3.